The molecule has 2 aliphatic rings. The van der Waals surface area contributed by atoms with Crippen LogP contribution in [0.15, 0.2) is 66.9 Å². The number of rotatable bonds is 2. The van der Waals surface area contributed by atoms with E-state index in [1.807, 2.05) is 53.8 Å². The maximum Gasteiger partial charge on any atom is 0.323 e. The quantitative estimate of drug-likeness (QED) is 0.339. The molecule has 4 aromatic rings. The van der Waals surface area contributed by atoms with Crippen LogP contribution in [-0.2, 0) is 19.4 Å². The minimum Gasteiger partial charge on any atom is -0.310 e. The highest BCUT2D eigenvalue weighted by Gasteiger charge is 2.36. The van der Waals surface area contributed by atoms with Crippen molar-refractivity contribution in [1.29, 1.82) is 0 Å². The minimum absolute atomic E-state index is 0.0367. The van der Waals surface area contributed by atoms with E-state index in [0.717, 1.165) is 47.7 Å². The third kappa shape index (κ3) is 3.51. The highest BCUT2D eigenvalue weighted by molar-refractivity contribution is 7.15. The molecule has 1 aliphatic heterocycles. The van der Waals surface area contributed by atoms with E-state index >= 15 is 0 Å². The number of halogens is 2. The average Bonchev–Trinajstić information content (AvgIpc) is 3.43. The van der Waals surface area contributed by atoms with Gasteiger partial charge in [0.15, 0.2) is 0 Å². The zero-order valence-electron chi connectivity index (χ0n) is 18.4. The molecule has 1 N–H and O–H groups in total. The molecule has 0 saturated heterocycles. The monoisotopic (exact) mass is 475 g/mol. The van der Waals surface area contributed by atoms with Crippen molar-refractivity contribution in [3.63, 3.8) is 0 Å². The lowest BCUT2D eigenvalue weighted by Crippen LogP contribution is -2.38. The maximum absolute atomic E-state index is 14.4. The number of fused-ring (bicyclic) bond motifs is 5. The standard InChI is InChI=1S/C27H23F2N3OS/c28-18-12-13-22(21(29)15-18)30-27(33)32-16-20-19-9-4-5-11-24(19)34-26(20)31-14-6-10-23(31)25(32)17-7-2-1-3-8-17/h1-3,6-8,10,12-15,25H,4-5,9,11,16H2,(H,30,33)/t25-/m1/s1. The van der Waals surface area contributed by atoms with E-state index in [9.17, 15) is 13.6 Å². The lowest BCUT2D eigenvalue weighted by atomic mass is 9.95. The van der Waals surface area contributed by atoms with Crippen LogP contribution in [0.25, 0.3) is 5.00 Å². The van der Waals surface area contributed by atoms with E-state index in [2.05, 4.69) is 16.1 Å². The highest BCUT2D eigenvalue weighted by atomic mass is 32.1. The van der Waals surface area contributed by atoms with Crippen molar-refractivity contribution in [2.24, 2.45) is 0 Å². The third-order valence-corrected chi connectivity index (χ3v) is 8.06. The summed E-state index contributed by atoms with van der Waals surface area (Å²) in [5.74, 6) is -1.48. The highest BCUT2D eigenvalue weighted by Crippen LogP contribution is 2.44. The molecule has 1 aliphatic carbocycles. The van der Waals surface area contributed by atoms with Crippen LogP contribution < -0.4 is 5.32 Å². The molecule has 34 heavy (non-hydrogen) atoms. The second kappa shape index (κ2) is 8.40. The first-order valence-corrected chi connectivity index (χ1v) is 12.3. The van der Waals surface area contributed by atoms with E-state index < -0.39 is 17.7 Å². The second-order valence-corrected chi connectivity index (χ2v) is 9.88. The van der Waals surface area contributed by atoms with E-state index in [4.69, 9.17) is 0 Å². The van der Waals surface area contributed by atoms with Gasteiger partial charge in [0.25, 0.3) is 0 Å². The van der Waals surface area contributed by atoms with Gasteiger partial charge in [-0.2, -0.15) is 0 Å². The van der Waals surface area contributed by atoms with Gasteiger partial charge in [-0.3, -0.25) is 0 Å². The molecule has 0 bridgehead atoms. The molecule has 0 spiro atoms. The van der Waals surface area contributed by atoms with E-state index in [1.165, 1.54) is 28.5 Å². The lowest BCUT2D eigenvalue weighted by molar-refractivity contribution is 0.194. The fourth-order valence-electron chi connectivity index (χ4n) is 5.15. The summed E-state index contributed by atoms with van der Waals surface area (Å²) in [5.41, 5.74) is 4.44. The number of nitrogens with one attached hydrogen (secondary N) is 1. The first-order valence-electron chi connectivity index (χ1n) is 11.5. The Hall–Kier alpha value is -3.45. The zero-order valence-corrected chi connectivity index (χ0v) is 19.2. The molecule has 1 atom stereocenters. The van der Waals surface area contributed by atoms with Crippen molar-refractivity contribution in [2.75, 3.05) is 5.32 Å². The number of hydrogen-bond donors (Lipinski definition) is 1. The summed E-state index contributed by atoms with van der Waals surface area (Å²) < 4.78 is 30.0. The smallest absolute Gasteiger partial charge is 0.310 e. The summed E-state index contributed by atoms with van der Waals surface area (Å²) in [6.45, 7) is 0.414. The Bertz CT molecular complexity index is 1380. The number of thiophene rings is 1. The van der Waals surface area contributed by atoms with Crippen molar-refractivity contribution < 1.29 is 13.6 Å². The Morgan fingerprint density at radius 2 is 1.79 bits per heavy atom. The van der Waals surface area contributed by atoms with Gasteiger partial charge in [-0.1, -0.05) is 30.3 Å². The van der Waals surface area contributed by atoms with Crippen LogP contribution in [0.1, 0.15) is 46.1 Å². The summed E-state index contributed by atoms with van der Waals surface area (Å²) in [7, 11) is 0. The molecule has 7 heteroatoms. The number of anilines is 1. The van der Waals surface area contributed by atoms with E-state index in [1.54, 1.807) is 4.90 Å². The number of benzene rings is 2. The second-order valence-electron chi connectivity index (χ2n) is 8.79. The summed E-state index contributed by atoms with van der Waals surface area (Å²) in [5, 5.41) is 3.86. The fourth-order valence-corrected chi connectivity index (χ4v) is 6.55. The van der Waals surface area contributed by atoms with Gasteiger partial charge >= 0.3 is 6.03 Å². The molecular weight excluding hydrogens is 452 g/mol. The molecule has 0 fully saturated rings. The van der Waals surface area contributed by atoms with Crippen LogP contribution in [0, 0.1) is 11.6 Å². The van der Waals surface area contributed by atoms with Crippen LogP contribution in [0.2, 0.25) is 0 Å². The molecule has 6 rings (SSSR count). The topological polar surface area (TPSA) is 37.3 Å². The van der Waals surface area contributed by atoms with Crippen LogP contribution in [0.3, 0.4) is 0 Å². The summed E-state index contributed by atoms with van der Waals surface area (Å²) in [6.07, 6.45) is 6.47. The Labute approximate surface area is 200 Å². The summed E-state index contributed by atoms with van der Waals surface area (Å²) in [4.78, 5) is 16.9. The van der Waals surface area contributed by atoms with Crippen molar-refractivity contribution in [3.05, 3.63) is 106 Å². The number of hydrogen-bond acceptors (Lipinski definition) is 2. The van der Waals surface area contributed by atoms with Gasteiger partial charge < -0.3 is 14.8 Å². The summed E-state index contributed by atoms with van der Waals surface area (Å²) >= 11 is 1.82. The number of aromatic nitrogens is 1. The summed E-state index contributed by atoms with van der Waals surface area (Å²) in [6, 6.07) is 16.4. The number of carbonyl (C=O) groups is 1. The normalized spacial score (nSPS) is 16.9. The Kier molecular flexibility index (Phi) is 5.21. The maximum atomic E-state index is 14.4. The zero-order chi connectivity index (χ0) is 23.2. The average molecular weight is 476 g/mol. The Morgan fingerprint density at radius 1 is 0.971 bits per heavy atom. The molecule has 0 saturated carbocycles. The number of carbonyl (C=O) groups excluding carboxylic acids is 1. The molecule has 2 aromatic heterocycles. The SMILES string of the molecule is O=C(Nc1ccc(F)cc1F)N1Cc2c(sc3c2CCCC3)-n2cccc2[C@H]1c1ccccc1. The molecule has 2 aromatic carbocycles. The van der Waals surface area contributed by atoms with Crippen molar-refractivity contribution in [2.45, 2.75) is 38.3 Å². The number of nitrogens with zero attached hydrogens (tertiary/aromatic N) is 2. The largest absolute Gasteiger partial charge is 0.323 e. The third-order valence-electron chi connectivity index (χ3n) is 6.73. The lowest BCUT2D eigenvalue weighted by Gasteiger charge is -2.31. The number of amides is 2. The van der Waals surface area contributed by atoms with Crippen molar-refractivity contribution in [3.8, 4) is 5.00 Å². The molecular formula is C27H23F2N3OS. The first kappa shape index (κ1) is 21.1. The predicted octanol–water partition coefficient (Wildman–Crippen LogP) is 6.83. The minimum atomic E-state index is -0.795. The Morgan fingerprint density at radius 3 is 2.62 bits per heavy atom. The van der Waals surface area contributed by atoms with Crippen LogP contribution in [-0.4, -0.2) is 15.5 Å². The van der Waals surface area contributed by atoms with Crippen molar-refractivity contribution in [1.82, 2.24) is 9.47 Å². The van der Waals surface area contributed by atoms with Gasteiger partial charge in [0, 0.05) is 22.7 Å². The van der Waals surface area contributed by atoms with Crippen molar-refractivity contribution >= 4 is 23.1 Å². The fraction of sp³-hybridized carbons (Fsp3) is 0.222. The van der Waals surface area contributed by atoms with Crippen LogP contribution in [0.5, 0.6) is 0 Å². The molecule has 172 valence electrons. The van der Waals surface area contributed by atoms with E-state index in [0.29, 0.717) is 6.54 Å². The van der Waals surface area contributed by atoms with Crippen LogP contribution in [0.4, 0.5) is 19.3 Å². The molecule has 0 unspecified atom stereocenters. The number of aryl methyl sites for hydroxylation is 1. The van der Waals surface area contributed by atoms with Crippen LogP contribution >= 0.6 is 11.3 Å². The van der Waals surface area contributed by atoms with Gasteiger partial charge in [-0.15, -0.1) is 11.3 Å². The van der Waals surface area contributed by atoms with Gasteiger partial charge in [0.05, 0.1) is 24.0 Å². The van der Waals surface area contributed by atoms with Gasteiger partial charge in [-0.05, 0) is 61.1 Å². The molecule has 4 nitrogen and oxygen atoms in total. The molecule has 2 amide bonds. The number of urea groups is 1. The predicted molar refractivity (Wildman–Crippen MR) is 129 cm³/mol. The molecule has 3 heterocycles. The van der Waals surface area contributed by atoms with Gasteiger partial charge in [-0.25, -0.2) is 13.6 Å². The van der Waals surface area contributed by atoms with Gasteiger partial charge in [0.2, 0.25) is 0 Å². The van der Waals surface area contributed by atoms with Gasteiger partial charge in [0.1, 0.15) is 16.6 Å². The first-order chi connectivity index (χ1) is 16.6. The molecule has 0 radical (unpaired) electrons. The van der Waals surface area contributed by atoms with E-state index in [-0.39, 0.29) is 11.7 Å². The Balaban J connectivity index is 1.49.